The van der Waals surface area contributed by atoms with Gasteiger partial charge in [-0.1, -0.05) is 48.5 Å². The van der Waals surface area contributed by atoms with Gasteiger partial charge in [-0.15, -0.1) is 0 Å². The summed E-state index contributed by atoms with van der Waals surface area (Å²) in [6, 6.07) is 0. The normalized spacial score (nSPS) is 31.9. The minimum Gasteiger partial charge on any atom is -0.381 e. The van der Waals surface area contributed by atoms with Crippen molar-refractivity contribution in [3.63, 3.8) is 0 Å². The fraction of sp³-hybridized carbons (Fsp3) is 1.00. The second-order valence-electron chi connectivity index (χ2n) is 11.0. The van der Waals surface area contributed by atoms with E-state index in [1.165, 1.54) is 6.42 Å². The van der Waals surface area contributed by atoms with Crippen molar-refractivity contribution in [1.29, 1.82) is 0 Å². The van der Waals surface area contributed by atoms with Crippen LogP contribution >= 0.6 is 0 Å². The third-order valence-corrected chi connectivity index (χ3v) is 5.26. The molecule has 2 aliphatic heterocycles. The highest BCUT2D eigenvalue weighted by molar-refractivity contribution is 4.90. The van der Waals surface area contributed by atoms with Crippen molar-refractivity contribution >= 4 is 0 Å². The smallest absolute Gasteiger partial charge is 0.158 e. The first-order valence-corrected chi connectivity index (χ1v) is 9.78. The Hall–Kier alpha value is -0.120. The molecule has 0 aromatic carbocycles. The number of hydrogen-bond donors (Lipinski definition) is 0. The van der Waals surface area contributed by atoms with Gasteiger partial charge in [0.1, 0.15) is 0 Å². The molecule has 0 N–H and O–H groups in total. The minimum absolute atomic E-state index is 0.0634. The lowest BCUT2D eigenvalue weighted by Crippen LogP contribution is -2.48. The monoisotopic (exact) mass is 340 g/mol. The lowest BCUT2D eigenvalue weighted by Gasteiger charge is -2.47. The van der Waals surface area contributed by atoms with E-state index in [-0.39, 0.29) is 17.3 Å². The molecule has 2 heterocycles. The van der Waals surface area contributed by atoms with Crippen LogP contribution in [0.4, 0.5) is 0 Å². The molecule has 0 radical (unpaired) electrons. The maximum atomic E-state index is 6.70. The molecular formula is C21H40O3. The number of rotatable bonds is 4. The van der Waals surface area contributed by atoms with Gasteiger partial charge in [0.2, 0.25) is 0 Å². The highest BCUT2D eigenvalue weighted by Crippen LogP contribution is 2.45. The molecule has 0 amide bonds. The minimum atomic E-state index is -0.0822. The van der Waals surface area contributed by atoms with Crippen molar-refractivity contribution in [3.8, 4) is 0 Å². The third-order valence-electron chi connectivity index (χ3n) is 5.26. The van der Waals surface area contributed by atoms with Gasteiger partial charge in [-0.3, -0.25) is 0 Å². The first kappa shape index (κ1) is 20.2. The van der Waals surface area contributed by atoms with Crippen LogP contribution in [-0.2, 0) is 14.2 Å². The highest BCUT2D eigenvalue weighted by atomic mass is 16.7. The molecule has 0 aliphatic carbocycles. The summed E-state index contributed by atoms with van der Waals surface area (Å²) in [5, 5.41) is 0. The van der Waals surface area contributed by atoms with Gasteiger partial charge >= 0.3 is 0 Å². The van der Waals surface area contributed by atoms with Gasteiger partial charge in [-0.2, -0.15) is 0 Å². The summed E-state index contributed by atoms with van der Waals surface area (Å²) < 4.78 is 18.4. The second-order valence-corrected chi connectivity index (χ2v) is 11.0. The van der Waals surface area contributed by atoms with Crippen molar-refractivity contribution in [2.45, 2.75) is 98.9 Å². The van der Waals surface area contributed by atoms with Crippen LogP contribution in [0.1, 0.15) is 87.0 Å². The highest BCUT2D eigenvalue weighted by Gasteiger charge is 2.43. The molecular weight excluding hydrogens is 300 g/mol. The van der Waals surface area contributed by atoms with E-state index in [2.05, 4.69) is 48.5 Å². The molecule has 0 spiro atoms. The maximum absolute atomic E-state index is 6.70. The van der Waals surface area contributed by atoms with Crippen LogP contribution < -0.4 is 0 Å². The van der Waals surface area contributed by atoms with Crippen LogP contribution in [0.15, 0.2) is 0 Å². The molecule has 0 aromatic heterocycles. The second kappa shape index (κ2) is 7.25. The average molecular weight is 341 g/mol. The Morgan fingerprint density at radius 2 is 1.46 bits per heavy atom. The summed E-state index contributed by atoms with van der Waals surface area (Å²) >= 11 is 0. The average Bonchev–Trinajstić information content (AvgIpc) is 2.34. The van der Waals surface area contributed by atoms with E-state index in [0.29, 0.717) is 10.8 Å². The summed E-state index contributed by atoms with van der Waals surface area (Å²) in [4.78, 5) is 0. The van der Waals surface area contributed by atoms with E-state index >= 15 is 0 Å². The summed E-state index contributed by atoms with van der Waals surface area (Å²) in [5.41, 5.74) is 0.829. The first-order valence-electron chi connectivity index (χ1n) is 9.78. The molecule has 3 heteroatoms. The summed E-state index contributed by atoms with van der Waals surface area (Å²) in [6.45, 7) is 18.8. The molecule has 3 nitrogen and oxygen atoms in total. The van der Waals surface area contributed by atoms with Crippen LogP contribution in [0.3, 0.4) is 0 Å². The van der Waals surface area contributed by atoms with Crippen molar-refractivity contribution in [2.75, 3.05) is 19.8 Å². The van der Waals surface area contributed by atoms with Gasteiger partial charge in [0.15, 0.2) is 6.29 Å². The standard InChI is InChI=1S/C21H40O3/c1-18(2,3)15-20(7)8-13-23-17(14-20)24-21(16-19(4,5)6)9-11-22-12-10-21/h17H,8-16H2,1-7H3. The lowest BCUT2D eigenvalue weighted by molar-refractivity contribution is -0.265. The number of ether oxygens (including phenoxy) is 3. The van der Waals surface area contributed by atoms with E-state index in [0.717, 1.165) is 51.9 Å². The molecule has 2 aliphatic rings. The molecule has 142 valence electrons. The van der Waals surface area contributed by atoms with Crippen molar-refractivity contribution in [3.05, 3.63) is 0 Å². The van der Waals surface area contributed by atoms with E-state index in [9.17, 15) is 0 Å². The van der Waals surface area contributed by atoms with Crippen LogP contribution in [0.5, 0.6) is 0 Å². The van der Waals surface area contributed by atoms with Gasteiger partial charge < -0.3 is 14.2 Å². The molecule has 2 unspecified atom stereocenters. The van der Waals surface area contributed by atoms with E-state index in [1.54, 1.807) is 0 Å². The Labute approximate surface area is 149 Å². The first-order chi connectivity index (χ1) is 10.9. The predicted molar refractivity (Wildman–Crippen MR) is 99.1 cm³/mol. The summed E-state index contributed by atoms with van der Waals surface area (Å²) in [7, 11) is 0. The van der Waals surface area contributed by atoms with Crippen LogP contribution in [0.25, 0.3) is 0 Å². The quantitative estimate of drug-likeness (QED) is 0.670. The van der Waals surface area contributed by atoms with Gasteiger partial charge in [0, 0.05) is 19.6 Å². The van der Waals surface area contributed by atoms with Crippen LogP contribution in [0, 0.1) is 16.2 Å². The molecule has 0 aromatic rings. The van der Waals surface area contributed by atoms with Crippen molar-refractivity contribution < 1.29 is 14.2 Å². The fourth-order valence-electron chi connectivity index (χ4n) is 4.84. The summed E-state index contributed by atoms with van der Waals surface area (Å²) in [6.07, 6.45) is 6.35. The van der Waals surface area contributed by atoms with Crippen LogP contribution in [0.2, 0.25) is 0 Å². The molecule has 2 rings (SSSR count). The predicted octanol–water partition coefficient (Wildman–Crippen LogP) is 5.57. The summed E-state index contributed by atoms with van der Waals surface area (Å²) in [5.74, 6) is 0. The van der Waals surface area contributed by atoms with Crippen molar-refractivity contribution in [2.24, 2.45) is 16.2 Å². The van der Waals surface area contributed by atoms with Gasteiger partial charge in [0.05, 0.1) is 12.2 Å². The Morgan fingerprint density at radius 1 is 0.875 bits per heavy atom. The maximum Gasteiger partial charge on any atom is 0.158 e. The topological polar surface area (TPSA) is 27.7 Å². The molecule has 2 saturated heterocycles. The third kappa shape index (κ3) is 6.31. The lowest BCUT2D eigenvalue weighted by atomic mass is 9.70. The Morgan fingerprint density at radius 3 is 2.00 bits per heavy atom. The van der Waals surface area contributed by atoms with E-state index < -0.39 is 0 Å². The van der Waals surface area contributed by atoms with Gasteiger partial charge in [-0.05, 0) is 48.3 Å². The zero-order chi connectivity index (χ0) is 18.1. The van der Waals surface area contributed by atoms with Gasteiger partial charge in [-0.25, -0.2) is 0 Å². The molecule has 0 saturated carbocycles. The molecule has 0 bridgehead atoms. The Bertz CT molecular complexity index is 398. The van der Waals surface area contributed by atoms with E-state index in [1.807, 2.05) is 0 Å². The zero-order valence-electron chi connectivity index (χ0n) is 17.2. The van der Waals surface area contributed by atoms with Crippen LogP contribution in [-0.4, -0.2) is 31.7 Å². The largest absolute Gasteiger partial charge is 0.381 e. The van der Waals surface area contributed by atoms with Crippen molar-refractivity contribution in [1.82, 2.24) is 0 Å². The molecule has 24 heavy (non-hydrogen) atoms. The molecule has 2 atom stereocenters. The zero-order valence-corrected chi connectivity index (χ0v) is 17.2. The Balaban J connectivity index is 2.05. The van der Waals surface area contributed by atoms with E-state index in [4.69, 9.17) is 14.2 Å². The Kier molecular flexibility index (Phi) is 6.10. The fourth-order valence-corrected chi connectivity index (χ4v) is 4.84. The SMILES string of the molecule is CC(C)(C)CC1(C)CCOC(OC2(CC(C)(C)C)CCOCC2)C1. The van der Waals surface area contributed by atoms with Gasteiger partial charge in [0.25, 0.3) is 0 Å². The molecule has 2 fully saturated rings. The number of hydrogen-bond acceptors (Lipinski definition) is 3.